The van der Waals surface area contributed by atoms with Crippen LogP contribution >= 0.6 is 0 Å². The van der Waals surface area contributed by atoms with Crippen LogP contribution in [0.15, 0.2) is 48.5 Å². The SMILES string of the molecule is Cc1ccc(Oc2ccc(NC(=O)CCCN3C(=O)CNC3=O)cc2)cc1. The number of rotatable bonds is 7. The minimum absolute atomic E-state index is 0.0298. The van der Waals surface area contributed by atoms with E-state index < -0.39 is 6.03 Å². The molecule has 0 aliphatic carbocycles. The largest absolute Gasteiger partial charge is 0.457 e. The Morgan fingerprint density at radius 1 is 1.07 bits per heavy atom. The van der Waals surface area contributed by atoms with Crippen molar-refractivity contribution in [3.8, 4) is 11.5 Å². The Hall–Kier alpha value is -3.35. The quantitative estimate of drug-likeness (QED) is 0.736. The molecule has 7 nitrogen and oxygen atoms in total. The summed E-state index contributed by atoms with van der Waals surface area (Å²) in [5.41, 5.74) is 1.82. The Kier molecular flexibility index (Phi) is 5.71. The number of nitrogens with one attached hydrogen (secondary N) is 2. The van der Waals surface area contributed by atoms with Crippen LogP contribution in [0.5, 0.6) is 11.5 Å². The third-order valence-electron chi connectivity index (χ3n) is 4.12. The van der Waals surface area contributed by atoms with Crippen LogP contribution in [0.4, 0.5) is 10.5 Å². The molecule has 0 saturated carbocycles. The van der Waals surface area contributed by atoms with Gasteiger partial charge >= 0.3 is 6.03 Å². The number of aryl methyl sites for hydroxylation is 1. The van der Waals surface area contributed by atoms with Gasteiger partial charge in [0.15, 0.2) is 0 Å². The second-order valence-corrected chi connectivity index (χ2v) is 6.30. The monoisotopic (exact) mass is 367 g/mol. The fourth-order valence-electron chi connectivity index (χ4n) is 2.65. The average molecular weight is 367 g/mol. The minimum atomic E-state index is -0.399. The summed E-state index contributed by atoms with van der Waals surface area (Å²) in [6.45, 7) is 2.28. The molecule has 0 atom stereocenters. The van der Waals surface area contributed by atoms with E-state index in [0.717, 1.165) is 16.2 Å². The van der Waals surface area contributed by atoms with Crippen molar-refractivity contribution in [3.05, 3.63) is 54.1 Å². The predicted octanol–water partition coefficient (Wildman–Crippen LogP) is 3.06. The highest BCUT2D eigenvalue weighted by Crippen LogP contribution is 2.23. The third kappa shape index (κ3) is 5.07. The molecular formula is C20H21N3O4. The van der Waals surface area contributed by atoms with Crippen LogP contribution in [0.25, 0.3) is 0 Å². The molecule has 2 aromatic carbocycles. The van der Waals surface area contributed by atoms with Crippen LogP contribution in [-0.2, 0) is 9.59 Å². The van der Waals surface area contributed by atoms with E-state index in [1.165, 1.54) is 0 Å². The molecule has 1 heterocycles. The maximum absolute atomic E-state index is 12.0. The lowest BCUT2D eigenvalue weighted by Gasteiger charge is -2.12. The summed E-state index contributed by atoms with van der Waals surface area (Å²) in [5.74, 6) is 0.993. The van der Waals surface area contributed by atoms with Crippen molar-refractivity contribution in [2.45, 2.75) is 19.8 Å². The Labute approximate surface area is 157 Å². The number of imide groups is 1. The number of carbonyl (C=O) groups is 3. The Morgan fingerprint density at radius 3 is 2.30 bits per heavy atom. The summed E-state index contributed by atoms with van der Waals surface area (Å²) >= 11 is 0. The molecule has 1 saturated heterocycles. The molecule has 0 bridgehead atoms. The fourth-order valence-corrected chi connectivity index (χ4v) is 2.65. The number of carbonyl (C=O) groups excluding carboxylic acids is 3. The van der Waals surface area contributed by atoms with Gasteiger partial charge in [-0.15, -0.1) is 0 Å². The molecule has 140 valence electrons. The van der Waals surface area contributed by atoms with Crippen LogP contribution in [0, 0.1) is 6.92 Å². The highest BCUT2D eigenvalue weighted by Gasteiger charge is 2.27. The molecule has 0 aromatic heterocycles. The topological polar surface area (TPSA) is 87.7 Å². The first-order valence-corrected chi connectivity index (χ1v) is 8.74. The summed E-state index contributed by atoms with van der Waals surface area (Å²) < 4.78 is 5.75. The van der Waals surface area contributed by atoms with Crippen molar-refractivity contribution in [1.29, 1.82) is 0 Å². The van der Waals surface area contributed by atoms with Crippen molar-refractivity contribution in [1.82, 2.24) is 10.2 Å². The Morgan fingerprint density at radius 2 is 1.70 bits per heavy atom. The van der Waals surface area contributed by atoms with Gasteiger partial charge in [-0.3, -0.25) is 14.5 Å². The zero-order valence-corrected chi connectivity index (χ0v) is 15.0. The highest BCUT2D eigenvalue weighted by molar-refractivity contribution is 6.02. The van der Waals surface area contributed by atoms with Gasteiger partial charge in [-0.05, 0) is 49.7 Å². The van der Waals surface area contributed by atoms with E-state index in [9.17, 15) is 14.4 Å². The van der Waals surface area contributed by atoms with Crippen LogP contribution in [0.1, 0.15) is 18.4 Å². The lowest BCUT2D eigenvalue weighted by Crippen LogP contribution is -2.32. The lowest BCUT2D eigenvalue weighted by atomic mass is 10.2. The average Bonchev–Trinajstić information content (AvgIpc) is 2.97. The van der Waals surface area contributed by atoms with E-state index >= 15 is 0 Å². The van der Waals surface area contributed by atoms with E-state index in [4.69, 9.17) is 4.74 Å². The summed E-state index contributed by atoms with van der Waals surface area (Å²) in [7, 11) is 0. The molecule has 2 aromatic rings. The van der Waals surface area contributed by atoms with E-state index in [2.05, 4.69) is 10.6 Å². The number of amides is 4. The van der Waals surface area contributed by atoms with Gasteiger partial charge in [-0.2, -0.15) is 0 Å². The molecule has 1 fully saturated rings. The molecule has 0 radical (unpaired) electrons. The Balaban J connectivity index is 1.44. The molecule has 0 unspecified atom stereocenters. The van der Waals surface area contributed by atoms with Crippen molar-refractivity contribution in [2.24, 2.45) is 0 Å². The van der Waals surface area contributed by atoms with Crippen molar-refractivity contribution >= 4 is 23.5 Å². The standard InChI is InChI=1S/C20H21N3O4/c1-14-4-8-16(9-5-14)27-17-10-6-15(7-11-17)22-18(24)3-2-12-23-19(25)13-21-20(23)26/h4-11H,2-3,12-13H2,1H3,(H,21,26)(H,22,24). The molecule has 1 aliphatic rings. The van der Waals surface area contributed by atoms with Gasteiger partial charge in [-0.25, -0.2) is 4.79 Å². The number of hydrogen-bond acceptors (Lipinski definition) is 4. The first-order valence-electron chi connectivity index (χ1n) is 8.74. The molecule has 27 heavy (non-hydrogen) atoms. The van der Waals surface area contributed by atoms with Gasteiger partial charge in [-0.1, -0.05) is 17.7 Å². The summed E-state index contributed by atoms with van der Waals surface area (Å²) in [6.07, 6.45) is 0.637. The van der Waals surface area contributed by atoms with E-state index in [-0.39, 0.29) is 31.3 Å². The number of ether oxygens (including phenoxy) is 1. The van der Waals surface area contributed by atoms with E-state index in [0.29, 0.717) is 17.9 Å². The molecule has 1 aliphatic heterocycles. The first-order chi connectivity index (χ1) is 13.0. The van der Waals surface area contributed by atoms with Crippen LogP contribution in [0.2, 0.25) is 0 Å². The van der Waals surface area contributed by atoms with E-state index in [1.54, 1.807) is 24.3 Å². The molecule has 3 rings (SSSR count). The second-order valence-electron chi connectivity index (χ2n) is 6.30. The number of anilines is 1. The zero-order valence-electron chi connectivity index (χ0n) is 15.0. The number of nitrogens with zero attached hydrogens (tertiary/aromatic N) is 1. The second kappa shape index (κ2) is 8.35. The summed E-state index contributed by atoms with van der Waals surface area (Å²) in [6, 6.07) is 14.4. The van der Waals surface area contributed by atoms with Crippen molar-refractivity contribution < 1.29 is 19.1 Å². The molecule has 0 spiro atoms. The van der Waals surface area contributed by atoms with Gasteiger partial charge < -0.3 is 15.4 Å². The van der Waals surface area contributed by atoms with Gasteiger partial charge in [0.2, 0.25) is 11.8 Å². The van der Waals surface area contributed by atoms with Crippen LogP contribution < -0.4 is 15.4 Å². The van der Waals surface area contributed by atoms with E-state index in [1.807, 2.05) is 31.2 Å². The van der Waals surface area contributed by atoms with Gasteiger partial charge in [0.25, 0.3) is 0 Å². The molecule has 2 N–H and O–H groups in total. The predicted molar refractivity (Wildman–Crippen MR) is 101 cm³/mol. The molecular weight excluding hydrogens is 346 g/mol. The number of benzene rings is 2. The van der Waals surface area contributed by atoms with Crippen molar-refractivity contribution in [2.75, 3.05) is 18.4 Å². The zero-order chi connectivity index (χ0) is 19.2. The van der Waals surface area contributed by atoms with Gasteiger partial charge in [0.1, 0.15) is 11.5 Å². The lowest BCUT2D eigenvalue weighted by molar-refractivity contribution is -0.125. The highest BCUT2D eigenvalue weighted by atomic mass is 16.5. The van der Waals surface area contributed by atoms with Crippen LogP contribution in [-0.4, -0.2) is 35.8 Å². The summed E-state index contributed by atoms with van der Waals surface area (Å²) in [4.78, 5) is 36.0. The van der Waals surface area contributed by atoms with Crippen molar-refractivity contribution in [3.63, 3.8) is 0 Å². The number of urea groups is 1. The normalized spacial score (nSPS) is 13.4. The molecule has 7 heteroatoms. The molecule has 4 amide bonds. The maximum Gasteiger partial charge on any atom is 0.324 e. The van der Waals surface area contributed by atoms with Crippen LogP contribution in [0.3, 0.4) is 0 Å². The van der Waals surface area contributed by atoms with Gasteiger partial charge in [0.05, 0.1) is 6.54 Å². The third-order valence-corrected chi connectivity index (χ3v) is 4.12. The number of hydrogen-bond donors (Lipinski definition) is 2. The maximum atomic E-state index is 12.0. The fraction of sp³-hybridized carbons (Fsp3) is 0.250. The van der Waals surface area contributed by atoms with Gasteiger partial charge in [0, 0.05) is 18.7 Å². The smallest absolute Gasteiger partial charge is 0.324 e. The Bertz CT molecular complexity index is 815. The summed E-state index contributed by atoms with van der Waals surface area (Å²) in [5, 5.41) is 5.24. The first kappa shape index (κ1) is 18.4. The minimum Gasteiger partial charge on any atom is -0.457 e.